The Balaban J connectivity index is 1.11. The molecule has 0 aliphatic carbocycles. The van der Waals surface area contributed by atoms with E-state index in [0.717, 1.165) is 88.7 Å². The molecule has 0 aliphatic heterocycles. The standard InChI is InChI=1S/C53H34N2O2/c1-4-13-35(14-5-1)37-23-28-42(29-24-37)55(43-30-25-38(26-31-43)36-15-6-2-7-16-36)48-34-40-19-10-11-20-44(40)50-46-33-41(27-32-49(46)56-52(48)50)45-21-12-22-47-51(45)57-53(54-47)39-17-8-3-9-18-39/h1-34H. The Labute approximate surface area is 329 Å². The predicted molar refractivity (Wildman–Crippen MR) is 235 cm³/mol. The molecule has 0 N–H and O–H groups in total. The van der Waals surface area contributed by atoms with E-state index >= 15 is 0 Å². The monoisotopic (exact) mass is 730 g/mol. The summed E-state index contributed by atoms with van der Waals surface area (Å²) in [5.41, 5.74) is 13.9. The van der Waals surface area contributed by atoms with Gasteiger partial charge in [-0.15, -0.1) is 0 Å². The Morgan fingerprint density at radius 2 is 0.947 bits per heavy atom. The summed E-state index contributed by atoms with van der Waals surface area (Å²) in [5.74, 6) is 0.609. The van der Waals surface area contributed by atoms with Crippen molar-refractivity contribution in [2.24, 2.45) is 0 Å². The maximum Gasteiger partial charge on any atom is 0.227 e. The van der Waals surface area contributed by atoms with Gasteiger partial charge in [0.25, 0.3) is 0 Å². The molecule has 0 bridgehead atoms. The number of hydrogen-bond donors (Lipinski definition) is 0. The summed E-state index contributed by atoms with van der Waals surface area (Å²) in [5, 5.41) is 4.38. The van der Waals surface area contributed by atoms with Crippen molar-refractivity contribution in [3.63, 3.8) is 0 Å². The molecule has 0 saturated carbocycles. The Morgan fingerprint density at radius 3 is 1.60 bits per heavy atom. The molecule has 0 atom stereocenters. The third-order valence-electron chi connectivity index (χ3n) is 10.9. The molecule has 9 aromatic carbocycles. The van der Waals surface area contributed by atoms with Crippen LogP contribution in [0.2, 0.25) is 0 Å². The highest BCUT2D eigenvalue weighted by Gasteiger charge is 2.23. The van der Waals surface area contributed by atoms with E-state index in [9.17, 15) is 0 Å². The quantitative estimate of drug-likeness (QED) is 0.164. The SMILES string of the molecule is c1ccc(-c2ccc(N(c3ccc(-c4ccccc4)cc3)c3cc4ccccc4c4c3oc3ccc(-c5cccc6nc(-c7ccccc7)oc56)cc34)cc2)cc1. The lowest BCUT2D eigenvalue weighted by Gasteiger charge is -2.26. The highest BCUT2D eigenvalue weighted by atomic mass is 16.3. The number of anilines is 3. The Kier molecular flexibility index (Phi) is 7.78. The zero-order valence-electron chi connectivity index (χ0n) is 30.8. The van der Waals surface area contributed by atoms with Crippen LogP contribution in [0.1, 0.15) is 0 Å². The maximum atomic E-state index is 6.96. The van der Waals surface area contributed by atoms with Crippen molar-refractivity contribution in [1.29, 1.82) is 0 Å². The van der Waals surface area contributed by atoms with E-state index in [1.54, 1.807) is 0 Å². The molecule has 0 unspecified atom stereocenters. The van der Waals surface area contributed by atoms with Crippen LogP contribution in [0.5, 0.6) is 0 Å². The van der Waals surface area contributed by atoms with Gasteiger partial charge in [0.15, 0.2) is 11.2 Å². The van der Waals surface area contributed by atoms with E-state index in [1.807, 2.05) is 42.5 Å². The van der Waals surface area contributed by atoms with Crippen molar-refractivity contribution in [2.75, 3.05) is 4.90 Å². The lowest BCUT2D eigenvalue weighted by Crippen LogP contribution is -2.10. The van der Waals surface area contributed by atoms with Gasteiger partial charge in [0.05, 0.1) is 5.69 Å². The minimum absolute atomic E-state index is 0.609. The molecule has 0 spiro atoms. The summed E-state index contributed by atoms with van der Waals surface area (Å²) in [4.78, 5) is 7.18. The summed E-state index contributed by atoms with van der Waals surface area (Å²) < 4.78 is 13.4. The van der Waals surface area contributed by atoms with E-state index < -0.39 is 0 Å². The zero-order chi connectivity index (χ0) is 37.7. The number of nitrogens with zero attached hydrogens (tertiary/aromatic N) is 2. The molecule has 0 amide bonds. The molecule has 4 heteroatoms. The molecule has 2 heterocycles. The van der Waals surface area contributed by atoms with Crippen molar-refractivity contribution < 1.29 is 8.83 Å². The Morgan fingerprint density at radius 1 is 0.386 bits per heavy atom. The Hall–Kier alpha value is -7.69. The van der Waals surface area contributed by atoms with E-state index in [-0.39, 0.29) is 0 Å². The lowest BCUT2D eigenvalue weighted by molar-refractivity contribution is 0.621. The second-order valence-electron chi connectivity index (χ2n) is 14.3. The fourth-order valence-corrected chi connectivity index (χ4v) is 8.12. The first-order chi connectivity index (χ1) is 28.2. The van der Waals surface area contributed by atoms with Gasteiger partial charge in [-0.25, -0.2) is 4.98 Å². The summed E-state index contributed by atoms with van der Waals surface area (Å²) in [6.45, 7) is 0. The van der Waals surface area contributed by atoms with Crippen LogP contribution in [-0.4, -0.2) is 4.98 Å². The number of para-hydroxylation sites is 1. The molecule has 268 valence electrons. The van der Waals surface area contributed by atoms with Gasteiger partial charge in [-0.1, -0.05) is 146 Å². The van der Waals surface area contributed by atoms with E-state index in [2.05, 4.69) is 169 Å². The summed E-state index contributed by atoms with van der Waals surface area (Å²) in [6.07, 6.45) is 0. The first-order valence-electron chi connectivity index (χ1n) is 19.2. The van der Waals surface area contributed by atoms with Crippen molar-refractivity contribution in [3.05, 3.63) is 206 Å². The first-order valence-corrected chi connectivity index (χ1v) is 19.2. The van der Waals surface area contributed by atoms with Gasteiger partial charge < -0.3 is 13.7 Å². The lowest BCUT2D eigenvalue weighted by atomic mass is 9.98. The van der Waals surface area contributed by atoms with Gasteiger partial charge in [0.1, 0.15) is 11.1 Å². The highest BCUT2D eigenvalue weighted by molar-refractivity contribution is 6.23. The number of aromatic nitrogens is 1. The zero-order valence-corrected chi connectivity index (χ0v) is 30.8. The van der Waals surface area contributed by atoms with Crippen LogP contribution in [0, 0.1) is 0 Å². The molecular formula is C53H34N2O2. The molecule has 4 nitrogen and oxygen atoms in total. The molecule has 11 rings (SSSR count). The van der Waals surface area contributed by atoms with Gasteiger partial charge in [-0.2, -0.15) is 0 Å². The molecular weight excluding hydrogens is 697 g/mol. The fraction of sp³-hybridized carbons (Fsp3) is 0. The predicted octanol–water partition coefficient (Wildman–Crippen LogP) is 15.0. The minimum Gasteiger partial charge on any atom is -0.454 e. The maximum absolute atomic E-state index is 6.96. The van der Waals surface area contributed by atoms with Crippen LogP contribution < -0.4 is 4.90 Å². The summed E-state index contributed by atoms with van der Waals surface area (Å²) in [7, 11) is 0. The smallest absolute Gasteiger partial charge is 0.227 e. The highest BCUT2D eigenvalue weighted by Crippen LogP contribution is 2.47. The average molecular weight is 731 g/mol. The van der Waals surface area contributed by atoms with Crippen LogP contribution in [0.4, 0.5) is 17.1 Å². The molecule has 11 aromatic rings. The van der Waals surface area contributed by atoms with E-state index in [0.29, 0.717) is 5.89 Å². The van der Waals surface area contributed by atoms with Crippen LogP contribution in [0.25, 0.3) is 88.6 Å². The van der Waals surface area contributed by atoms with E-state index in [1.165, 1.54) is 11.1 Å². The summed E-state index contributed by atoms with van der Waals surface area (Å²) >= 11 is 0. The minimum atomic E-state index is 0.609. The second-order valence-corrected chi connectivity index (χ2v) is 14.3. The van der Waals surface area contributed by atoms with E-state index in [4.69, 9.17) is 13.8 Å². The topological polar surface area (TPSA) is 42.4 Å². The Bertz CT molecular complexity index is 3120. The van der Waals surface area contributed by atoms with Crippen molar-refractivity contribution in [3.8, 4) is 44.8 Å². The van der Waals surface area contributed by atoms with Crippen molar-refractivity contribution in [1.82, 2.24) is 4.98 Å². The van der Waals surface area contributed by atoms with Crippen LogP contribution >= 0.6 is 0 Å². The van der Waals surface area contributed by atoms with Crippen molar-refractivity contribution >= 4 is 60.9 Å². The number of furan rings is 1. The van der Waals surface area contributed by atoms with Gasteiger partial charge in [-0.3, -0.25) is 0 Å². The fourth-order valence-electron chi connectivity index (χ4n) is 8.12. The number of benzene rings is 9. The van der Waals surface area contributed by atoms with Crippen LogP contribution in [-0.2, 0) is 0 Å². The van der Waals surface area contributed by atoms with Gasteiger partial charge in [-0.05, 0) is 99.3 Å². The third kappa shape index (κ3) is 5.74. The third-order valence-corrected chi connectivity index (χ3v) is 10.9. The molecule has 0 aliphatic rings. The van der Waals surface area contributed by atoms with Gasteiger partial charge in [0.2, 0.25) is 5.89 Å². The molecule has 0 radical (unpaired) electrons. The van der Waals surface area contributed by atoms with Gasteiger partial charge in [0, 0.05) is 33.3 Å². The van der Waals surface area contributed by atoms with Crippen LogP contribution in [0.3, 0.4) is 0 Å². The molecule has 57 heavy (non-hydrogen) atoms. The number of oxazole rings is 1. The molecule has 0 saturated heterocycles. The van der Waals surface area contributed by atoms with Crippen molar-refractivity contribution in [2.45, 2.75) is 0 Å². The summed E-state index contributed by atoms with van der Waals surface area (Å²) in [6, 6.07) is 72.2. The normalized spacial score (nSPS) is 11.5. The number of fused-ring (bicyclic) bond motifs is 6. The largest absolute Gasteiger partial charge is 0.454 e. The first kappa shape index (κ1) is 32.7. The second kappa shape index (κ2) is 13.6. The average Bonchev–Trinajstić information content (AvgIpc) is 3.91. The molecule has 0 fully saturated rings. The number of hydrogen-bond acceptors (Lipinski definition) is 4. The molecule has 2 aromatic heterocycles. The van der Waals surface area contributed by atoms with Crippen LogP contribution in [0.15, 0.2) is 215 Å². The van der Waals surface area contributed by atoms with Gasteiger partial charge >= 0.3 is 0 Å². The number of rotatable bonds is 7.